The van der Waals surface area contributed by atoms with E-state index in [0.717, 1.165) is 39.0 Å². The molecule has 2 aliphatic heterocycles. The van der Waals surface area contributed by atoms with E-state index in [1.54, 1.807) is 0 Å². The van der Waals surface area contributed by atoms with Crippen LogP contribution in [0.25, 0.3) is 0 Å². The van der Waals surface area contributed by atoms with Crippen LogP contribution in [0.4, 0.5) is 0 Å². The molecule has 0 aromatic heterocycles. The Morgan fingerprint density at radius 1 is 1.50 bits per heavy atom. The van der Waals surface area contributed by atoms with Crippen molar-refractivity contribution in [2.45, 2.75) is 37.8 Å². The number of ether oxygens (including phenoxy) is 1. The van der Waals surface area contributed by atoms with Crippen molar-refractivity contribution in [2.75, 3.05) is 26.8 Å². The van der Waals surface area contributed by atoms with Crippen molar-refractivity contribution in [3.05, 3.63) is 0 Å². The third kappa shape index (κ3) is 1.81. The maximum atomic E-state index is 10.6. The van der Waals surface area contributed by atoms with Crippen LogP contribution in [0, 0.1) is 5.92 Å². The first kappa shape index (κ1) is 10.4. The average molecular weight is 199 g/mol. The van der Waals surface area contributed by atoms with Gasteiger partial charge in [-0.1, -0.05) is 0 Å². The molecule has 2 saturated heterocycles. The number of nitrogens with zero attached hydrogens (tertiary/aromatic N) is 1. The number of piperidine rings is 1. The third-order valence-electron chi connectivity index (χ3n) is 3.99. The SMILES string of the molecule is CC1CC(O)(C2CCOC2)CCN1C. The van der Waals surface area contributed by atoms with E-state index in [2.05, 4.69) is 18.9 Å². The van der Waals surface area contributed by atoms with Gasteiger partial charge in [-0.15, -0.1) is 0 Å². The van der Waals surface area contributed by atoms with Crippen molar-refractivity contribution in [1.82, 2.24) is 4.90 Å². The van der Waals surface area contributed by atoms with Crippen LogP contribution in [0.3, 0.4) is 0 Å². The lowest BCUT2D eigenvalue weighted by molar-refractivity contribution is -0.0798. The molecular formula is C11H21NO2. The Balaban J connectivity index is 2.01. The largest absolute Gasteiger partial charge is 0.389 e. The molecular weight excluding hydrogens is 178 g/mol. The smallest absolute Gasteiger partial charge is 0.0725 e. The van der Waals surface area contributed by atoms with Gasteiger partial charge in [-0.2, -0.15) is 0 Å². The van der Waals surface area contributed by atoms with Crippen molar-refractivity contribution < 1.29 is 9.84 Å². The zero-order chi connectivity index (χ0) is 10.2. The molecule has 3 nitrogen and oxygen atoms in total. The number of aliphatic hydroxyl groups is 1. The highest BCUT2D eigenvalue weighted by molar-refractivity contribution is 4.95. The monoisotopic (exact) mass is 199 g/mol. The van der Waals surface area contributed by atoms with Gasteiger partial charge < -0.3 is 14.7 Å². The average Bonchev–Trinajstić information content (AvgIpc) is 2.65. The fourth-order valence-corrected chi connectivity index (χ4v) is 2.69. The van der Waals surface area contributed by atoms with E-state index in [4.69, 9.17) is 4.74 Å². The lowest BCUT2D eigenvalue weighted by atomic mass is 9.77. The summed E-state index contributed by atoms with van der Waals surface area (Å²) >= 11 is 0. The van der Waals surface area contributed by atoms with Crippen molar-refractivity contribution in [3.8, 4) is 0 Å². The standard InChI is InChI=1S/C11H21NO2/c1-9-7-11(13,4-5-12(9)2)10-3-6-14-8-10/h9-10,13H,3-8H2,1-2H3. The fraction of sp³-hybridized carbons (Fsp3) is 1.00. The molecule has 0 radical (unpaired) electrons. The number of hydrogen-bond acceptors (Lipinski definition) is 3. The Bertz CT molecular complexity index is 203. The van der Waals surface area contributed by atoms with E-state index in [1.165, 1.54) is 0 Å². The van der Waals surface area contributed by atoms with E-state index in [-0.39, 0.29) is 0 Å². The van der Waals surface area contributed by atoms with E-state index >= 15 is 0 Å². The van der Waals surface area contributed by atoms with E-state index in [1.807, 2.05) is 0 Å². The Hall–Kier alpha value is -0.120. The highest BCUT2D eigenvalue weighted by Crippen LogP contribution is 2.36. The minimum absolute atomic E-state index is 0.374. The Morgan fingerprint density at radius 3 is 2.86 bits per heavy atom. The molecule has 3 unspecified atom stereocenters. The quantitative estimate of drug-likeness (QED) is 0.680. The van der Waals surface area contributed by atoms with Crippen LogP contribution in [-0.4, -0.2) is 48.5 Å². The molecule has 0 aliphatic carbocycles. The number of rotatable bonds is 1. The lowest BCUT2D eigenvalue weighted by Crippen LogP contribution is -2.51. The van der Waals surface area contributed by atoms with Crippen LogP contribution < -0.4 is 0 Å². The van der Waals surface area contributed by atoms with Gasteiger partial charge >= 0.3 is 0 Å². The molecule has 3 heteroatoms. The zero-order valence-electron chi connectivity index (χ0n) is 9.20. The van der Waals surface area contributed by atoms with Crippen LogP contribution in [0.15, 0.2) is 0 Å². The first-order chi connectivity index (χ1) is 6.62. The minimum atomic E-state index is -0.456. The van der Waals surface area contributed by atoms with Crippen LogP contribution in [0.5, 0.6) is 0 Å². The topological polar surface area (TPSA) is 32.7 Å². The summed E-state index contributed by atoms with van der Waals surface area (Å²) in [7, 11) is 2.13. The highest BCUT2D eigenvalue weighted by atomic mass is 16.5. The van der Waals surface area contributed by atoms with Crippen LogP contribution >= 0.6 is 0 Å². The van der Waals surface area contributed by atoms with Crippen LogP contribution in [0.1, 0.15) is 26.2 Å². The summed E-state index contributed by atoms with van der Waals surface area (Å²) in [5.41, 5.74) is -0.456. The second-order valence-electron chi connectivity index (χ2n) is 4.95. The molecule has 2 heterocycles. The summed E-state index contributed by atoms with van der Waals surface area (Å²) < 4.78 is 5.36. The highest BCUT2D eigenvalue weighted by Gasteiger charge is 2.42. The summed E-state index contributed by atoms with van der Waals surface area (Å²) in [6.07, 6.45) is 2.84. The van der Waals surface area contributed by atoms with E-state index in [9.17, 15) is 5.11 Å². The molecule has 2 aliphatic rings. The van der Waals surface area contributed by atoms with Gasteiger partial charge in [0.25, 0.3) is 0 Å². The van der Waals surface area contributed by atoms with Gasteiger partial charge in [-0.3, -0.25) is 0 Å². The summed E-state index contributed by atoms with van der Waals surface area (Å²) in [5, 5.41) is 10.6. The maximum absolute atomic E-state index is 10.6. The number of likely N-dealkylation sites (tertiary alicyclic amines) is 1. The van der Waals surface area contributed by atoms with Gasteiger partial charge in [0.05, 0.1) is 12.2 Å². The van der Waals surface area contributed by atoms with Gasteiger partial charge in [-0.05, 0) is 33.2 Å². The van der Waals surface area contributed by atoms with Crippen LogP contribution in [-0.2, 0) is 4.74 Å². The predicted octanol–water partition coefficient (Wildman–Crippen LogP) is 0.868. The van der Waals surface area contributed by atoms with Crippen molar-refractivity contribution in [3.63, 3.8) is 0 Å². The first-order valence-electron chi connectivity index (χ1n) is 5.62. The van der Waals surface area contributed by atoms with Crippen LogP contribution in [0.2, 0.25) is 0 Å². The second kappa shape index (κ2) is 3.80. The molecule has 0 spiro atoms. The molecule has 0 amide bonds. The first-order valence-corrected chi connectivity index (χ1v) is 5.62. The Kier molecular flexibility index (Phi) is 2.82. The lowest BCUT2D eigenvalue weighted by Gasteiger charge is -2.43. The summed E-state index contributed by atoms with van der Waals surface area (Å²) in [6, 6.07) is 0.495. The number of hydrogen-bond donors (Lipinski definition) is 1. The van der Waals surface area contributed by atoms with Gasteiger partial charge in [0.15, 0.2) is 0 Å². The Labute approximate surface area is 86.0 Å². The van der Waals surface area contributed by atoms with Crippen molar-refractivity contribution >= 4 is 0 Å². The maximum Gasteiger partial charge on any atom is 0.0725 e. The molecule has 14 heavy (non-hydrogen) atoms. The predicted molar refractivity (Wildman–Crippen MR) is 55.2 cm³/mol. The minimum Gasteiger partial charge on any atom is -0.389 e. The second-order valence-corrected chi connectivity index (χ2v) is 4.95. The molecule has 0 aromatic carbocycles. The molecule has 82 valence electrons. The van der Waals surface area contributed by atoms with Crippen molar-refractivity contribution in [2.24, 2.45) is 5.92 Å². The summed E-state index contributed by atoms with van der Waals surface area (Å²) in [4.78, 5) is 2.32. The molecule has 2 fully saturated rings. The molecule has 2 rings (SSSR count). The molecule has 0 bridgehead atoms. The van der Waals surface area contributed by atoms with E-state index < -0.39 is 5.60 Å². The van der Waals surface area contributed by atoms with Gasteiger partial charge in [0, 0.05) is 25.1 Å². The fourth-order valence-electron chi connectivity index (χ4n) is 2.69. The third-order valence-corrected chi connectivity index (χ3v) is 3.99. The molecule has 1 N–H and O–H groups in total. The van der Waals surface area contributed by atoms with E-state index in [0.29, 0.717) is 12.0 Å². The normalized spacial score (nSPS) is 45.6. The van der Waals surface area contributed by atoms with Gasteiger partial charge in [0.1, 0.15) is 0 Å². The molecule has 0 saturated carbocycles. The summed E-state index contributed by atoms with van der Waals surface area (Å²) in [6.45, 7) is 4.79. The molecule has 3 atom stereocenters. The molecule has 0 aromatic rings. The summed E-state index contributed by atoms with van der Waals surface area (Å²) in [5.74, 6) is 0.374. The zero-order valence-corrected chi connectivity index (χ0v) is 9.20. The van der Waals surface area contributed by atoms with Gasteiger partial charge in [-0.25, -0.2) is 0 Å². The van der Waals surface area contributed by atoms with Gasteiger partial charge in [0.2, 0.25) is 0 Å². The Morgan fingerprint density at radius 2 is 2.29 bits per heavy atom. The van der Waals surface area contributed by atoms with Crippen molar-refractivity contribution in [1.29, 1.82) is 0 Å².